The van der Waals surface area contributed by atoms with Crippen LogP contribution < -0.4 is 15.8 Å². The van der Waals surface area contributed by atoms with E-state index in [9.17, 15) is 18.4 Å². The molecular formula is C18H16F2N2O3. The average molecular weight is 346 g/mol. The highest BCUT2D eigenvalue weighted by Gasteiger charge is 2.08. The van der Waals surface area contributed by atoms with Gasteiger partial charge in [-0.25, -0.2) is 0 Å². The van der Waals surface area contributed by atoms with E-state index in [1.54, 1.807) is 37.3 Å². The number of nitrogens with two attached hydrogens (primary N) is 1. The number of halogens is 2. The van der Waals surface area contributed by atoms with Crippen LogP contribution in [-0.4, -0.2) is 18.4 Å². The summed E-state index contributed by atoms with van der Waals surface area (Å²) in [5, 5.41) is 2.61. The summed E-state index contributed by atoms with van der Waals surface area (Å²) in [6.07, 6.45) is 2.57. The van der Waals surface area contributed by atoms with Crippen molar-refractivity contribution in [1.29, 1.82) is 0 Å². The number of carbonyl (C=O) groups excluding carboxylic acids is 2. The number of para-hydroxylation sites is 1. The third kappa shape index (κ3) is 5.13. The molecule has 3 N–H and O–H groups in total. The Morgan fingerprint density at radius 3 is 2.56 bits per heavy atom. The largest absolute Gasteiger partial charge is 0.434 e. The molecule has 0 aliphatic heterocycles. The normalized spacial score (nSPS) is 10.9. The molecule has 0 unspecified atom stereocenters. The van der Waals surface area contributed by atoms with Gasteiger partial charge < -0.3 is 15.8 Å². The van der Waals surface area contributed by atoms with E-state index in [0.717, 1.165) is 0 Å². The van der Waals surface area contributed by atoms with Crippen molar-refractivity contribution in [2.24, 2.45) is 5.73 Å². The Kier molecular flexibility index (Phi) is 5.84. The number of benzene rings is 2. The lowest BCUT2D eigenvalue weighted by Crippen LogP contribution is -2.13. The monoisotopic (exact) mass is 346 g/mol. The molecule has 0 aromatic heterocycles. The van der Waals surface area contributed by atoms with E-state index in [-0.39, 0.29) is 5.75 Å². The molecule has 7 heteroatoms. The summed E-state index contributed by atoms with van der Waals surface area (Å²) in [4.78, 5) is 23.2. The highest BCUT2D eigenvalue weighted by Crippen LogP contribution is 2.21. The first-order valence-corrected chi connectivity index (χ1v) is 7.30. The fourth-order valence-electron chi connectivity index (χ4n) is 2.19. The lowest BCUT2D eigenvalue weighted by atomic mass is 10.1. The molecule has 0 saturated heterocycles. The smallest absolute Gasteiger partial charge is 0.387 e. The van der Waals surface area contributed by atoms with Crippen molar-refractivity contribution in [2.45, 2.75) is 13.5 Å². The highest BCUT2D eigenvalue weighted by molar-refractivity contribution is 6.02. The first kappa shape index (κ1) is 18.1. The number of primary amides is 1. The van der Waals surface area contributed by atoms with Gasteiger partial charge >= 0.3 is 6.61 Å². The number of ether oxygens (including phenoxy) is 1. The Balaban J connectivity index is 2.09. The van der Waals surface area contributed by atoms with Crippen molar-refractivity contribution in [3.05, 3.63) is 65.2 Å². The maximum atomic E-state index is 12.4. The van der Waals surface area contributed by atoms with Crippen molar-refractivity contribution in [3.63, 3.8) is 0 Å². The van der Waals surface area contributed by atoms with Crippen LogP contribution in [0.15, 0.2) is 48.5 Å². The van der Waals surface area contributed by atoms with E-state index in [0.29, 0.717) is 22.4 Å². The second kappa shape index (κ2) is 8.05. The second-order valence-electron chi connectivity index (χ2n) is 5.13. The molecule has 25 heavy (non-hydrogen) atoms. The third-order valence-electron chi connectivity index (χ3n) is 3.31. The average Bonchev–Trinajstić information content (AvgIpc) is 2.53. The quantitative estimate of drug-likeness (QED) is 0.787. The second-order valence-corrected chi connectivity index (χ2v) is 5.13. The van der Waals surface area contributed by atoms with Crippen LogP contribution in [0.3, 0.4) is 0 Å². The summed E-state index contributed by atoms with van der Waals surface area (Å²) >= 11 is 0. The zero-order valence-electron chi connectivity index (χ0n) is 13.3. The summed E-state index contributed by atoms with van der Waals surface area (Å²) in [7, 11) is 0. The third-order valence-corrected chi connectivity index (χ3v) is 3.31. The summed E-state index contributed by atoms with van der Waals surface area (Å²) in [6, 6.07) is 10.8. The molecule has 0 aliphatic rings. The number of aryl methyl sites for hydroxylation is 1. The van der Waals surface area contributed by atoms with Crippen LogP contribution in [0.1, 0.15) is 21.5 Å². The lowest BCUT2D eigenvalue weighted by Gasteiger charge is -2.08. The summed E-state index contributed by atoms with van der Waals surface area (Å²) in [6.45, 7) is -1.25. The Morgan fingerprint density at radius 2 is 1.92 bits per heavy atom. The van der Waals surface area contributed by atoms with E-state index in [1.165, 1.54) is 24.3 Å². The number of rotatable bonds is 6. The maximum absolute atomic E-state index is 12.4. The minimum atomic E-state index is -2.95. The van der Waals surface area contributed by atoms with Gasteiger partial charge in [0.05, 0.1) is 0 Å². The first-order valence-electron chi connectivity index (χ1n) is 7.30. The Labute approximate surface area is 143 Å². The summed E-state index contributed by atoms with van der Waals surface area (Å²) < 4.78 is 29.1. The predicted octanol–water partition coefficient (Wildman–Crippen LogP) is 3.35. The fraction of sp³-hybridized carbons (Fsp3) is 0.111. The van der Waals surface area contributed by atoms with E-state index in [1.807, 2.05) is 0 Å². The van der Waals surface area contributed by atoms with E-state index in [4.69, 9.17) is 5.73 Å². The lowest BCUT2D eigenvalue weighted by molar-refractivity contribution is -0.111. The van der Waals surface area contributed by atoms with Gasteiger partial charge in [-0.2, -0.15) is 8.78 Å². The minimum Gasteiger partial charge on any atom is -0.434 e. The molecule has 130 valence electrons. The van der Waals surface area contributed by atoms with Crippen LogP contribution in [0.4, 0.5) is 14.5 Å². The van der Waals surface area contributed by atoms with Crippen LogP contribution in [0.5, 0.6) is 5.75 Å². The van der Waals surface area contributed by atoms with Crippen LogP contribution in [0.2, 0.25) is 0 Å². The molecule has 0 aliphatic carbocycles. The number of anilines is 1. The zero-order valence-corrected chi connectivity index (χ0v) is 13.3. The molecule has 0 atom stereocenters. The molecule has 2 amide bonds. The topological polar surface area (TPSA) is 81.4 Å². The molecule has 5 nitrogen and oxygen atoms in total. The number of hydrogen-bond donors (Lipinski definition) is 2. The van der Waals surface area contributed by atoms with Crippen LogP contribution in [-0.2, 0) is 4.79 Å². The van der Waals surface area contributed by atoms with E-state index >= 15 is 0 Å². The van der Waals surface area contributed by atoms with Crippen molar-refractivity contribution in [1.82, 2.24) is 0 Å². The molecule has 2 aromatic carbocycles. The molecule has 2 rings (SSSR count). The van der Waals surface area contributed by atoms with Crippen molar-refractivity contribution >= 4 is 23.6 Å². The van der Waals surface area contributed by atoms with Gasteiger partial charge in [-0.3, -0.25) is 9.59 Å². The molecular weight excluding hydrogens is 330 g/mol. The minimum absolute atomic E-state index is 0.0248. The molecule has 2 aromatic rings. The van der Waals surface area contributed by atoms with Crippen molar-refractivity contribution in [2.75, 3.05) is 5.32 Å². The van der Waals surface area contributed by atoms with Gasteiger partial charge in [0.2, 0.25) is 11.8 Å². The Hall–Kier alpha value is -3.22. The van der Waals surface area contributed by atoms with Gasteiger partial charge in [0.25, 0.3) is 0 Å². The molecule has 0 bridgehead atoms. The molecule has 0 spiro atoms. The Morgan fingerprint density at radius 1 is 1.20 bits per heavy atom. The van der Waals surface area contributed by atoms with Gasteiger partial charge in [0.1, 0.15) is 5.75 Å². The number of hydrogen-bond acceptors (Lipinski definition) is 3. The number of nitrogens with one attached hydrogen (secondary N) is 1. The summed E-state index contributed by atoms with van der Waals surface area (Å²) in [5.74, 6) is -1.04. The van der Waals surface area contributed by atoms with E-state index < -0.39 is 18.4 Å². The van der Waals surface area contributed by atoms with Gasteiger partial charge in [-0.1, -0.05) is 18.2 Å². The maximum Gasteiger partial charge on any atom is 0.387 e. The number of carbonyl (C=O) groups is 2. The zero-order chi connectivity index (χ0) is 18.4. The predicted molar refractivity (Wildman–Crippen MR) is 90.4 cm³/mol. The van der Waals surface area contributed by atoms with Gasteiger partial charge in [-0.05, 0) is 42.8 Å². The van der Waals surface area contributed by atoms with Gasteiger partial charge in [0, 0.05) is 22.9 Å². The first-order chi connectivity index (χ1) is 11.9. The Bertz CT molecular complexity index is 820. The van der Waals surface area contributed by atoms with Crippen molar-refractivity contribution < 1.29 is 23.1 Å². The van der Waals surface area contributed by atoms with Crippen LogP contribution in [0, 0.1) is 6.92 Å². The SMILES string of the molecule is Cc1cc(NC(=O)/C=C\c2ccccc2OC(F)F)ccc1C(N)=O. The van der Waals surface area contributed by atoms with Gasteiger partial charge in [0.15, 0.2) is 0 Å². The standard InChI is InChI=1S/C18H16F2N2O3/c1-11-10-13(7-8-14(11)17(21)24)22-16(23)9-6-12-4-2-3-5-15(12)25-18(19)20/h2-10,18H,1H3,(H2,21,24)(H,22,23)/b9-6-. The molecule has 0 fully saturated rings. The van der Waals surface area contributed by atoms with Crippen LogP contribution >= 0.6 is 0 Å². The highest BCUT2D eigenvalue weighted by atomic mass is 19.3. The molecule has 0 heterocycles. The number of amides is 2. The summed E-state index contributed by atoms with van der Waals surface area (Å²) in [5.41, 5.74) is 7.05. The number of alkyl halides is 2. The molecule has 0 saturated carbocycles. The fourth-order valence-corrected chi connectivity index (χ4v) is 2.19. The molecule has 0 radical (unpaired) electrons. The van der Waals surface area contributed by atoms with Crippen molar-refractivity contribution in [3.8, 4) is 5.75 Å². The van der Waals surface area contributed by atoms with E-state index in [2.05, 4.69) is 10.1 Å². The van der Waals surface area contributed by atoms with Gasteiger partial charge in [-0.15, -0.1) is 0 Å². The van der Waals surface area contributed by atoms with Crippen LogP contribution in [0.25, 0.3) is 6.08 Å².